The third-order valence-corrected chi connectivity index (χ3v) is 5.34. The normalized spacial score (nSPS) is 23.2. The molecule has 120 valence electrons. The molecule has 0 bridgehead atoms. The van der Waals surface area contributed by atoms with Crippen LogP contribution in [0.1, 0.15) is 61.4 Å². The van der Waals surface area contributed by atoms with Gasteiger partial charge < -0.3 is 4.90 Å². The summed E-state index contributed by atoms with van der Waals surface area (Å²) in [4.78, 5) is 17.1. The molecule has 0 atom stereocenters. The van der Waals surface area contributed by atoms with Gasteiger partial charge in [0, 0.05) is 36.7 Å². The fourth-order valence-electron chi connectivity index (χ4n) is 3.81. The highest BCUT2D eigenvalue weighted by Gasteiger charge is 2.33. The molecule has 3 aliphatic rings. The Bertz CT molecular complexity index is 541. The van der Waals surface area contributed by atoms with Crippen molar-refractivity contribution < 1.29 is 4.79 Å². The van der Waals surface area contributed by atoms with Gasteiger partial charge in [0.15, 0.2) is 0 Å². The zero-order valence-corrected chi connectivity index (χ0v) is 13.3. The minimum absolute atomic E-state index is 0.301. The van der Waals surface area contributed by atoms with Crippen LogP contribution < -0.4 is 0 Å². The zero-order valence-electron chi connectivity index (χ0n) is 13.3. The van der Waals surface area contributed by atoms with Crippen LogP contribution in [0.2, 0.25) is 0 Å². The van der Waals surface area contributed by atoms with Crippen molar-refractivity contribution in [1.82, 2.24) is 20.0 Å². The van der Waals surface area contributed by atoms with Crippen molar-refractivity contribution in [3.63, 3.8) is 0 Å². The van der Waals surface area contributed by atoms with Gasteiger partial charge in [-0.05, 0) is 38.8 Å². The van der Waals surface area contributed by atoms with E-state index in [2.05, 4.69) is 20.0 Å². The Morgan fingerprint density at radius 1 is 1.14 bits per heavy atom. The van der Waals surface area contributed by atoms with Crippen molar-refractivity contribution in [2.75, 3.05) is 26.2 Å². The van der Waals surface area contributed by atoms with Crippen LogP contribution in [0.5, 0.6) is 0 Å². The maximum atomic E-state index is 12.7. The van der Waals surface area contributed by atoms with E-state index in [0.29, 0.717) is 18.4 Å². The summed E-state index contributed by atoms with van der Waals surface area (Å²) in [5.74, 6) is 0.955. The molecule has 1 saturated heterocycles. The van der Waals surface area contributed by atoms with Gasteiger partial charge in [-0.2, -0.15) is 5.10 Å². The number of nitrogens with one attached hydrogen (secondary N) is 1. The van der Waals surface area contributed by atoms with Gasteiger partial charge in [0.1, 0.15) is 0 Å². The monoisotopic (exact) mass is 302 g/mol. The lowest BCUT2D eigenvalue weighted by Crippen LogP contribution is -2.43. The van der Waals surface area contributed by atoms with Crippen LogP contribution in [0.25, 0.3) is 0 Å². The van der Waals surface area contributed by atoms with Crippen molar-refractivity contribution in [1.29, 1.82) is 0 Å². The molecule has 3 heterocycles. The Labute approximate surface area is 132 Å². The molecule has 4 rings (SSSR count). The van der Waals surface area contributed by atoms with Gasteiger partial charge >= 0.3 is 0 Å². The average Bonchev–Trinajstić information content (AvgIpc) is 3.32. The van der Waals surface area contributed by atoms with Crippen molar-refractivity contribution in [3.8, 4) is 0 Å². The van der Waals surface area contributed by atoms with Crippen LogP contribution in [0, 0.1) is 0 Å². The summed E-state index contributed by atoms with van der Waals surface area (Å²) in [5, 5.41) is 7.71. The van der Waals surface area contributed by atoms with Gasteiger partial charge in [-0.1, -0.05) is 12.8 Å². The van der Waals surface area contributed by atoms with E-state index >= 15 is 0 Å². The number of hydrogen-bond acceptors (Lipinski definition) is 3. The summed E-state index contributed by atoms with van der Waals surface area (Å²) in [6, 6.07) is 0. The van der Waals surface area contributed by atoms with Gasteiger partial charge in [0.05, 0.1) is 12.2 Å². The molecule has 1 amide bonds. The third-order valence-electron chi connectivity index (χ3n) is 5.34. The molecule has 1 aromatic rings. The fraction of sp³-hybridized carbons (Fsp3) is 0.765. The summed E-state index contributed by atoms with van der Waals surface area (Å²) >= 11 is 0. The van der Waals surface area contributed by atoms with Gasteiger partial charge in [0.25, 0.3) is 0 Å². The Balaban J connectivity index is 1.40. The number of amides is 1. The standard InChI is InChI=1S/C17H26N4O/c22-16(12-20-8-3-1-2-4-9-20)21-10-7-15-14(11-21)17(19-18-15)13-5-6-13/h13H,1-12H2,(H,18,19). The van der Waals surface area contributed by atoms with Gasteiger partial charge in [-0.3, -0.25) is 14.8 Å². The Hall–Kier alpha value is -1.36. The van der Waals surface area contributed by atoms with Crippen LogP contribution in [0.4, 0.5) is 0 Å². The van der Waals surface area contributed by atoms with E-state index < -0.39 is 0 Å². The summed E-state index contributed by atoms with van der Waals surface area (Å²) in [5.41, 5.74) is 3.82. The molecule has 5 nitrogen and oxygen atoms in total. The van der Waals surface area contributed by atoms with Crippen LogP contribution in [-0.2, 0) is 17.8 Å². The molecule has 2 aliphatic heterocycles. The van der Waals surface area contributed by atoms with E-state index in [4.69, 9.17) is 0 Å². The Morgan fingerprint density at radius 3 is 2.64 bits per heavy atom. The van der Waals surface area contributed by atoms with Crippen molar-refractivity contribution in [2.24, 2.45) is 0 Å². The number of nitrogens with zero attached hydrogens (tertiary/aromatic N) is 3. The smallest absolute Gasteiger partial charge is 0.237 e. The summed E-state index contributed by atoms with van der Waals surface area (Å²) in [7, 11) is 0. The Kier molecular flexibility index (Phi) is 3.90. The minimum atomic E-state index is 0.301. The SMILES string of the molecule is O=C(CN1CCCCCC1)N1CCc2[nH]nc(C3CC3)c2C1. The molecule has 1 N–H and O–H groups in total. The van der Waals surface area contributed by atoms with E-state index in [-0.39, 0.29) is 0 Å². The second-order valence-corrected chi connectivity index (χ2v) is 7.10. The largest absolute Gasteiger partial charge is 0.337 e. The topological polar surface area (TPSA) is 52.2 Å². The number of carbonyl (C=O) groups excluding carboxylic acids is 1. The van der Waals surface area contributed by atoms with E-state index in [1.807, 2.05) is 0 Å². The Morgan fingerprint density at radius 2 is 1.91 bits per heavy atom. The van der Waals surface area contributed by atoms with E-state index in [0.717, 1.165) is 32.6 Å². The van der Waals surface area contributed by atoms with E-state index in [1.165, 1.54) is 55.5 Å². The molecule has 0 aromatic carbocycles. The third kappa shape index (κ3) is 2.91. The first kappa shape index (κ1) is 14.2. The average molecular weight is 302 g/mol. The highest BCUT2D eigenvalue weighted by molar-refractivity contribution is 5.78. The number of carbonyl (C=O) groups is 1. The van der Waals surface area contributed by atoms with E-state index in [1.54, 1.807) is 0 Å². The molecule has 0 radical (unpaired) electrons. The van der Waals surface area contributed by atoms with Crippen LogP contribution >= 0.6 is 0 Å². The second kappa shape index (κ2) is 6.03. The molecular weight excluding hydrogens is 276 g/mol. The number of likely N-dealkylation sites (tertiary alicyclic amines) is 1. The molecule has 1 saturated carbocycles. The number of hydrogen-bond donors (Lipinski definition) is 1. The predicted octanol–water partition coefficient (Wildman–Crippen LogP) is 2.05. The van der Waals surface area contributed by atoms with Gasteiger partial charge in [-0.25, -0.2) is 0 Å². The van der Waals surface area contributed by atoms with Crippen LogP contribution in [0.3, 0.4) is 0 Å². The first-order valence-corrected chi connectivity index (χ1v) is 8.87. The lowest BCUT2D eigenvalue weighted by Gasteiger charge is -2.30. The molecule has 1 aromatic heterocycles. The molecular formula is C17H26N4O. The number of H-pyrrole nitrogens is 1. The number of aromatic nitrogens is 2. The predicted molar refractivity (Wildman–Crippen MR) is 84.6 cm³/mol. The highest BCUT2D eigenvalue weighted by Crippen LogP contribution is 2.42. The molecule has 1 aliphatic carbocycles. The van der Waals surface area contributed by atoms with Crippen LogP contribution in [0.15, 0.2) is 0 Å². The highest BCUT2D eigenvalue weighted by atomic mass is 16.2. The van der Waals surface area contributed by atoms with E-state index in [9.17, 15) is 4.79 Å². The number of aromatic amines is 1. The van der Waals surface area contributed by atoms with Gasteiger partial charge in [-0.15, -0.1) is 0 Å². The zero-order chi connectivity index (χ0) is 14.9. The maximum absolute atomic E-state index is 12.7. The first-order valence-electron chi connectivity index (χ1n) is 8.87. The summed E-state index contributed by atoms with van der Waals surface area (Å²) in [6.07, 6.45) is 8.57. The van der Waals surface area contributed by atoms with Gasteiger partial charge in [0.2, 0.25) is 5.91 Å². The molecule has 5 heteroatoms. The lowest BCUT2D eigenvalue weighted by atomic mass is 10.0. The first-order chi connectivity index (χ1) is 10.8. The fourth-order valence-corrected chi connectivity index (χ4v) is 3.81. The quantitative estimate of drug-likeness (QED) is 0.930. The number of rotatable bonds is 3. The summed E-state index contributed by atoms with van der Waals surface area (Å²) in [6.45, 7) is 4.38. The minimum Gasteiger partial charge on any atom is -0.337 e. The lowest BCUT2D eigenvalue weighted by molar-refractivity contribution is -0.133. The number of fused-ring (bicyclic) bond motifs is 1. The van der Waals surface area contributed by atoms with Crippen molar-refractivity contribution in [3.05, 3.63) is 17.0 Å². The second-order valence-electron chi connectivity index (χ2n) is 7.10. The maximum Gasteiger partial charge on any atom is 0.237 e. The molecule has 0 unspecified atom stereocenters. The molecule has 0 spiro atoms. The molecule has 2 fully saturated rings. The van der Waals surface area contributed by atoms with Crippen LogP contribution in [-0.4, -0.2) is 52.1 Å². The molecule has 22 heavy (non-hydrogen) atoms. The van der Waals surface area contributed by atoms with Crippen molar-refractivity contribution >= 4 is 5.91 Å². The van der Waals surface area contributed by atoms with Crippen molar-refractivity contribution in [2.45, 2.75) is 57.4 Å². The summed E-state index contributed by atoms with van der Waals surface area (Å²) < 4.78 is 0.